The first-order valence-electron chi connectivity index (χ1n) is 7.35. The van der Waals surface area contributed by atoms with Crippen molar-refractivity contribution < 1.29 is 17.9 Å². The lowest BCUT2D eigenvalue weighted by molar-refractivity contribution is -0.139. The minimum absolute atomic E-state index is 0.0162. The fourth-order valence-electron chi connectivity index (χ4n) is 2.70. The van der Waals surface area contributed by atoms with Crippen LogP contribution in [0, 0.1) is 0 Å². The van der Waals surface area contributed by atoms with Crippen molar-refractivity contribution in [2.45, 2.75) is 32.4 Å². The standard InChI is InChI=1S/C15H19Cl2NO4S/c1-3-18(13-4-5-23(20,21)9-13)15(19)10(2)22-14-7-11(16)6-12(17)8-14/h6-8,10,13H,3-5,9H2,1-2H3. The van der Waals surface area contributed by atoms with Crippen molar-refractivity contribution in [2.75, 3.05) is 18.1 Å². The Morgan fingerprint density at radius 1 is 1.35 bits per heavy atom. The molecular weight excluding hydrogens is 361 g/mol. The Bertz CT molecular complexity index is 672. The molecule has 2 atom stereocenters. The van der Waals surface area contributed by atoms with E-state index in [4.69, 9.17) is 27.9 Å². The second-order valence-electron chi connectivity index (χ2n) is 5.55. The van der Waals surface area contributed by atoms with Crippen LogP contribution in [0.2, 0.25) is 10.0 Å². The van der Waals surface area contributed by atoms with E-state index >= 15 is 0 Å². The molecule has 1 aliphatic rings. The summed E-state index contributed by atoms with van der Waals surface area (Å²) in [5, 5.41) is 0.836. The fraction of sp³-hybridized carbons (Fsp3) is 0.533. The summed E-state index contributed by atoms with van der Waals surface area (Å²) >= 11 is 11.8. The Morgan fingerprint density at radius 2 is 1.96 bits per heavy atom. The van der Waals surface area contributed by atoms with Crippen molar-refractivity contribution in [1.82, 2.24) is 4.90 Å². The number of hydrogen-bond acceptors (Lipinski definition) is 4. The highest BCUT2D eigenvalue weighted by Crippen LogP contribution is 2.26. The van der Waals surface area contributed by atoms with E-state index in [0.29, 0.717) is 28.8 Å². The van der Waals surface area contributed by atoms with Crippen LogP contribution in [0.1, 0.15) is 20.3 Å². The zero-order chi connectivity index (χ0) is 17.2. The monoisotopic (exact) mass is 379 g/mol. The van der Waals surface area contributed by atoms with E-state index in [-0.39, 0.29) is 23.5 Å². The number of benzene rings is 1. The Labute approximate surface area is 146 Å². The van der Waals surface area contributed by atoms with Gasteiger partial charge in [0.1, 0.15) is 5.75 Å². The van der Waals surface area contributed by atoms with Crippen LogP contribution in [-0.4, -0.2) is 49.4 Å². The third-order valence-electron chi connectivity index (χ3n) is 3.77. The first-order chi connectivity index (χ1) is 10.7. The van der Waals surface area contributed by atoms with Crippen molar-refractivity contribution in [2.24, 2.45) is 0 Å². The van der Waals surface area contributed by atoms with Gasteiger partial charge in [0.05, 0.1) is 11.5 Å². The number of hydrogen-bond donors (Lipinski definition) is 0. The maximum Gasteiger partial charge on any atom is 0.263 e. The zero-order valence-corrected chi connectivity index (χ0v) is 15.3. The van der Waals surface area contributed by atoms with Gasteiger partial charge < -0.3 is 9.64 Å². The van der Waals surface area contributed by atoms with E-state index in [1.54, 1.807) is 30.0 Å². The normalized spacial score (nSPS) is 21.0. The van der Waals surface area contributed by atoms with Gasteiger partial charge in [0.15, 0.2) is 15.9 Å². The topological polar surface area (TPSA) is 63.7 Å². The van der Waals surface area contributed by atoms with Gasteiger partial charge >= 0.3 is 0 Å². The maximum absolute atomic E-state index is 12.6. The number of nitrogens with zero attached hydrogens (tertiary/aromatic N) is 1. The molecule has 0 aliphatic carbocycles. The number of carbonyl (C=O) groups excluding carboxylic acids is 1. The van der Waals surface area contributed by atoms with Crippen molar-refractivity contribution in [3.05, 3.63) is 28.2 Å². The van der Waals surface area contributed by atoms with Gasteiger partial charge in [0.2, 0.25) is 0 Å². The first-order valence-corrected chi connectivity index (χ1v) is 9.93. The summed E-state index contributed by atoms with van der Waals surface area (Å²) in [7, 11) is -3.05. The molecule has 8 heteroatoms. The molecule has 0 spiro atoms. The second-order valence-corrected chi connectivity index (χ2v) is 8.65. The number of likely N-dealkylation sites (N-methyl/N-ethyl adjacent to an activating group) is 1. The Hall–Kier alpha value is -0.980. The molecular formula is C15H19Cl2NO4S. The van der Waals surface area contributed by atoms with E-state index in [9.17, 15) is 13.2 Å². The Kier molecular flexibility index (Phi) is 5.81. The van der Waals surface area contributed by atoms with Crippen LogP contribution in [0.5, 0.6) is 5.75 Å². The summed E-state index contributed by atoms with van der Waals surface area (Å²) in [6.45, 7) is 3.89. The third kappa shape index (κ3) is 4.75. The molecule has 1 amide bonds. The summed E-state index contributed by atoms with van der Waals surface area (Å²) in [4.78, 5) is 14.2. The average Bonchev–Trinajstić information content (AvgIpc) is 2.78. The fourth-order valence-corrected chi connectivity index (χ4v) is 4.94. The van der Waals surface area contributed by atoms with Crippen molar-refractivity contribution in [1.29, 1.82) is 0 Å². The van der Waals surface area contributed by atoms with Gasteiger partial charge in [-0.15, -0.1) is 0 Å². The highest BCUT2D eigenvalue weighted by Gasteiger charge is 2.35. The van der Waals surface area contributed by atoms with Gasteiger partial charge in [-0.25, -0.2) is 8.42 Å². The van der Waals surface area contributed by atoms with E-state index in [2.05, 4.69) is 0 Å². The van der Waals surface area contributed by atoms with Gasteiger partial charge in [-0.3, -0.25) is 4.79 Å². The van der Waals surface area contributed by atoms with E-state index in [1.165, 1.54) is 0 Å². The molecule has 1 aromatic carbocycles. The summed E-state index contributed by atoms with van der Waals surface area (Å²) < 4.78 is 28.9. The molecule has 128 valence electrons. The largest absolute Gasteiger partial charge is 0.481 e. The lowest BCUT2D eigenvalue weighted by atomic mass is 10.2. The molecule has 0 aromatic heterocycles. The lowest BCUT2D eigenvalue weighted by Gasteiger charge is -2.29. The van der Waals surface area contributed by atoms with Crippen LogP contribution in [0.4, 0.5) is 0 Å². The minimum Gasteiger partial charge on any atom is -0.481 e. The average molecular weight is 380 g/mol. The molecule has 1 saturated heterocycles. The number of amides is 1. The highest BCUT2D eigenvalue weighted by atomic mass is 35.5. The smallest absolute Gasteiger partial charge is 0.263 e. The van der Waals surface area contributed by atoms with Gasteiger partial charge in [-0.2, -0.15) is 0 Å². The quantitative estimate of drug-likeness (QED) is 0.788. The predicted molar refractivity (Wildman–Crippen MR) is 91.0 cm³/mol. The molecule has 1 fully saturated rings. The minimum atomic E-state index is -3.05. The SMILES string of the molecule is CCN(C(=O)C(C)Oc1cc(Cl)cc(Cl)c1)C1CCS(=O)(=O)C1. The lowest BCUT2D eigenvalue weighted by Crippen LogP contribution is -2.46. The number of sulfone groups is 1. The summed E-state index contributed by atoms with van der Waals surface area (Å²) in [5.41, 5.74) is 0. The van der Waals surface area contributed by atoms with Crippen molar-refractivity contribution in [3.63, 3.8) is 0 Å². The molecule has 1 heterocycles. The molecule has 2 rings (SSSR count). The molecule has 1 aliphatic heterocycles. The van der Waals surface area contributed by atoms with E-state index < -0.39 is 15.9 Å². The number of rotatable bonds is 5. The van der Waals surface area contributed by atoms with Crippen LogP contribution in [0.15, 0.2) is 18.2 Å². The summed E-state index contributed by atoms with van der Waals surface area (Å²) in [6, 6.07) is 4.44. The Balaban J connectivity index is 2.08. The van der Waals surface area contributed by atoms with Gasteiger partial charge in [-0.1, -0.05) is 23.2 Å². The van der Waals surface area contributed by atoms with E-state index in [1.807, 2.05) is 6.92 Å². The van der Waals surface area contributed by atoms with Crippen LogP contribution in [-0.2, 0) is 14.6 Å². The second kappa shape index (κ2) is 7.28. The zero-order valence-electron chi connectivity index (χ0n) is 13.0. The predicted octanol–water partition coefficient (Wildman–Crippen LogP) is 2.80. The van der Waals surface area contributed by atoms with Gasteiger partial charge in [0, 0.05) is 22.6 Å². The molecule has 0 bridgehead atoms. The van der Waals surface area contributed by atoms with E-state index in [0.717, 1.165) is 0 Å². The van der Waals surface area contributed by atoms with Crippen LogP contribution >= 0.6 is 23.2 Å². The summed E-state index contributed by atoms with van der Waals surface area (Å²) in [5.74, 6) is 0.298. The highest BCUT2D eigenvalue weighted by molar-refractivity contribution is 7.91. The van der Waals surface area contributed by atoms with Crippen LogP contribution in [0.3, 0.4) is 0 Å². The van der Waals surface area contributed by atoms with Gasteiger partial charge in [-0.05, 0) is 38.5 Å². The molecule has 0 radical (unpaired) electrons. The Morgan fingerprint density at radius 3 is 2.43 bits per heavy atom. The van der Waals surface area contributed by atoms with Gasteiger partial charge in [0.25, 0.3) is 5.91 Å². The van der Waals surface area contributed by atoms with Crippen LogP contribution in [0.25, 0.3) is 0 Å². The molecule has 2 unspecified atom stereocenters. The molecule has 5 nitrogen and oxygen atoms in total. The van der Waals surface area contributed by atoms with Crippen molar-refractivity contribution >= 4 is 38.9 Å². The molecule has 0 N–H and O–H groups in total. The number of carbonyl (C=O) groups is 1. The number of halogens is 2. The molecule has 0 saturated carbocycles. The molecule has 1 aromatic rings. The summed E-state index contributed by atoms with van der Waals surface area (Å²) in [6.07, 6.45) is -0.287. The third-order valence-corrected chi connectivity index (χ3v) is 5.96. The first kappa shape index (κ1) is 18.4. The number of ether oxygens (including phenoxy) is 1. The molecule has 23 heavy (non-hydrogen) atoms. The van der Waals surface area contributed by atoms with Crippen LogP contribution < -0.4 is 4.74 Å². The maximum atomic E-state index is 12.6. The van der Waals surface area contributed by atoms with Crippen molar-refractivity contribution in [3.8, 4) is 5.75 Å².